The number of rotatable bonds is 3. The van der Waals surface area contributed by atoms with Gasteiger partial charge in [0.05, 0.1) is 24.1 Å². The standard InChI is InChI=1S/C14H20N4O4S/c19-14(10-2-1-3-10)18-5-4-17(6-13-15-9-22-16-13)11-7-23(20,21)8-12(11)18/h9-12H,1-8H2. The molecular formula is C14H20N4O4S. The molecule has 2 atom stereocenters. The van der Waals surface area contributed by atoms with E-state index in [2.05, 4.69) is 15.0 Å². The smallest absolute Gasteiger partial charge is 0.226 e. The Morgan fingerprint density at radius 3 is 2.70 bits per heavy atom. The molecule has 0 bridgehead atoms. The van der Waals surface area contributed by atoms with Gasteiger partial charge in [0.2, 0.25) is 12.3 Å². The lowest BCUT2D eigenvalue weighted by Gasteiger charge is -2.45. The molecular weight excluding hydrogens is 320 g/mol. The van der Waals surface area contributed by atoms with E-state index in [1.165, 1.54) is 6.39 Å². The zero-order valence-corrected chi connectivity index (χ0v) is 13.6. The summed E-state index contributed by atoms with van der Waals surface area (Å²) < 4.78 is 29.1. The van der Waals surface area contributed by atoms with Crippen molar-refractivity contribution >= 4 is 15.7 Å². The van der Waals surface area contributed by atoms with Crippen LogP contribution in [0.5, 0.6) is 0 Å². The fourth-order valence-corrected chi connectivity index (χ4v) is 5.84. The topological polar surface area (TPSA) is 96.6 Å². The second kappa shape index (κ2) is 5.55. The lowest BCUT2D eigenvalue weighted by atomic mass is 9.83. The van der Waals surface area contributed by atoms with Crippen LogP contribution in [0.3, 0.4) is 0 Å². The normalized spacial score (nSPS) is 30.9. The summed E-state index contributed by atoms with van der Waals surface area (Å²) in [5.41, 5.74) is 0. The number of hydrogen-bond donors (Lipinski definition) is 0. The van der Waals surface area contributed by atoms with Crippen LogP contribution in [0.4, 0.5) is 0 Å². The van der Waals surface area contributed by atoms with Gasteiger partial charge in [-0.1, -0.05) is 11.6 Å². The molecule has 2 unspecified atom stereocenters. The van der Waals surface area contributed by atoms with Crippen molar-refractivity contribution in [2.45, 2.75) is 37.9 Å². The molecule has 126 valence electrons. The van der Waals surface area contributed by atoms with E-state index in [0.717, 1.165) is 19.3 Å². The van der Waals surface area contributed by atoms with E-state index in [1.54, 1.807) is 0 Å². The molecule has 1 aromatic heterocycles. The van der Waals surface area contributed by atoms with Gasteiger partial charge in [0, 0.05) is 25.0 Å². The minimum Gasteiger partial charge on any atom is -0.343 e. The Morgan fingerprint density at radius 2 is 2.04 bits per heavy atom. The summed E-state index contributed by atoms with van der Waals surface area (Å²) in [6.07, 6.45) is 4.24. The van der Waals surface area contributed by atoms with E-state index in [1.807, 2.05) is 4.90 Å². The van der Waals surface area contributed by atoms with Gasteiger partial charge in [-0.3, -0.25) is 9.69 Å². The van der Waals surface area contributed by atoms with E-state index in [9.17, 15) is 13.2 Å². The molecule has 2 saturated heterocycles. The quantitative estimate of drug-likeness (QED) is 0.744. The highest BCUT2D eigenvalue weighted by Gasteiger charge is 2.49. The number of carbonyl (C=O) groups is 1. The largest absolute Gasteiger partial charge is 0.343 e. The van der Waals surface area contributed by atoms with Crippen molar-refractivity contribution in [2.75, 3.05) is 24.6 Å². The molecule has 1 aliphatic carbocycles. The number of hydrogen-bond acceptors (Lipinski definition) is 7. The molecule has 0 N–H and O–H groups in total. The van der Waals surface area contributed by atoms with Crippen molar-refractivity contribution in [3.63, 3.8) is 0 Å². The molecule has 3 aliphatic rings. The van der Waals surface area contributed by atoms with Crippen LogP contribution >= 0.6 is 0 Å². The van der Waals surface area contributed by atoms with Crippen LogP contribution < -0.4 is 0 Å². The zero-order chi connectivity index (χ0) is 16.0. The van der Waals surface area contributed by atoms with Crippen LogP contribution in [0.25, 0.3) is 0 Å². The molecule has 1 amide bonds. The van der Waals surface area contributed by atoms with E-state index < -0.39 is 9.84 Å². The van der Waals surface area contributed by atoms with Gasteiger partial charge in [0.1, 0.15) is 0 Å². The first-order chi connectivity index (χ1) is 11.0. The average Bonchev–Trinajstić information content (AvgIpc) is 3.03. The first-order valence-electron chi connectivity index (χ1n) is 8.04. The summed E-state index contributed by atoms with van der Waals surface area (Å²) in [7, 11) is -3.12. The van der Waals surface area contributed by atoms with Gasteiger partial charge in [0.15, 0.2) is 15.7 Å². The molecule has 0 aromatic carbocycles. The summed E-state index contributed by atoms with van der Waals surface area (Å²) >= 11 is 0. The Labute approximate surface area is 134 Å². The SMILES string of the molecule is O=C(C1CCC1)N1CCN(Cc2ncon2)C2CS(=O)(=O)CC21. The molecule has 0 radical (unpaired) electrons. The Balaban J connectivity index is 1.55. The maximum atomic E-state index is 12.6. The number of amides is 1. The highest BCUT2D eigenvalue weighted by Crippen LogP contribution is 2.33. The van der Waals surface area contributed by atoms with Crippen molar-refractivity contribution in [1.29, 1.82) is 0 Å². The number of sulfone groups is 1. The van der Waals surface area contributed by atoms with Crippen LogP contribution in [0.2, 0.25) is 0 Å². The number of piperazine rings is 1. The molecule has 1 saturated carbocycles. The van der Waals surface area contributed by atoms with Gasteiger partial charge < -0.3 is 9.42 Å². The number of carbonyl (C=O) groups excluding carboxylic acids is 1. The van der Waals surface area contributed by atoms with Crippen molar-refractivity contribution in [2.24, 2.45) is 5.92 Å². The zero-order valence-electron chi connectivity index (χ0n) is 12.8. The van der Waals surface area contributed by atoms with Crippen molar-refractivity contribution < 1.29 is 17.7 Å². The van der Waals surface area contributed by atoms with E-state index in [-0.39, 0.29) is 35.4 Å². The number of fused-ring (bicyclic) bond motifs is 1. The third-order valence-electron chi connectivity index (χ3n) is 5.28. The summed E-state index contributed by atoms with van der Waals surface area (Å²) in [5.74, 6) is 0.958. The Morgan fingerprint density at radius 1 is 1.26 bits per heavy atom. The van der Waals surface area contributed by atoms with Crippen molar-refractivity contribution in [3.05, 3.63) is 12.2 Å². The van der Waals surface area contributed by atoms with E-state index >= 15 is 0 Å². The maximum Gasteiger partial charge on any atom is 0.226 e. The molecule has 3 heterocycles. The molecule has 8 nitrogen and oxygen atoms in total. The summed E-state index contributed by atoms with van der Waals surface area (Å²) in [5, 5.41) is 3.81. The fourth-order valence-electron chi connectivity index (χ4n) is 3.83. The minimum atomic E-state index is -3.12. The minimum absolute atomic E-state index is 0.0683. The third-order valence-corrected chi connectivity index (χ3v) is 6.98. The van der Waals surface area contributed by atoms with Gasteiger partial charge in [-0.2, -0.15) is 4.98 Å². The predicted molar refractivity (Wildman–Crippen MR) is 80.0 cm³/mol. The number of nitrogens with zero attached hydrogens (tertiary/aromatic N) is 4. The van der Waals surface area contributed by atoms with Crippen molar-refractivity contribution in [1.82, 2.24) is 19.9 Å². The summed E-state index contributed by atoms with van der Waals surface area (Å²) in [6, 6.07) is -0.412. The second-order valence-electron chi connectivity index (χ2n) is 6.69. The van der Waals surface area contributed by atoms with Crippen LogP contribution in [0, 0.1) is 5.92 Å². The van der Waals surface area contributed by atoms with Crippen LogP contribution in [0.15, 0.2) is 10.9 Å². The Kier molecular flexibility index (Phi) is 3.64. The first kappa shape index (κ1) is 15.1. The molecule has 3 fully saturated rings. The lowest BCUT2D eigenvalue weighted by Crippen LogP contribution is -2.61. The van der Waals surface area contributed by atoms with Crippen molar-refractivity contribution in [3.8, 4) is 0 Å². The maximum absolute atomic E-state index is 12.6. The van der Waals surface area contributed by atoms with Crippen LogP contribution in [-0.4, -0.2) is 70.9 Å². The van der Waals surface area contributed by atoms with E-state index in [0.29, 0.717) is 25.5 Å². The van der Waals surface area contributed by atoms with Gasteiger partial charge >= 0.3 is 0 Å². The van der Waals surface area contributed by atoms with Crippen LogP contribution in [0.1, 0.15) is 25.1 Å². The first-order valence-corrected chi connectivity index (χ1v) is 9.86. The molecule has 0 spiro atoms. The molecule has 2 aliphatic heterocycles. The highest BCUT2D eigenvalue weighted by atomic mass is 32.2. The summed E-state index contributed by atoms with van der Waals surface area (Å²) in [6.45, 7) is 1.67. The predicted octanol–water partition coefficient (Wildman–Crippen LogP) is -0.320. The number of aromatic nitrogens is 2. The van der Waals surface area contributed by atoms with Gasteiger partial charge in [-0.25, -0.2) is 8.42 Å². The monoisotopic (exact) mass is 340 g/mol. The van der Waals surface area contributed by atoms with Gasteiger partial charge in [-0.05, 0) is 12.8 Å². The van der Waals surface area contributed by atoms with Crippen LogP contribution in [-0.2, 0) is 21.2 Å². The highest BCUT2D eigenvalue weighted by molar-refractivity contribution is 7.91. The second-order valence-corrected chi connectivity index (χ2v) is 8.84. The van der Waals surface area contributed by atoms with Gasteiger partial charge in [-0.15, -0.1) is 0 Å². The average molecular weight is 340 g/mol. The van der Waals surface area contributed by atoms with Gasteiger partial charge in [0.25, 0.3) is 0 Å². The summed E-state index contributed by atoms with van der Waals surface area (Å²) in [4.78, 5) is 20.5. The lowest BCUT2D eigenvalue weighted by molar-refractivity contribution is -0.144. The Hall–Kier alpha value is -1.48. The molecule has 1 aromatic rings. The Bertz CT molecular complexity index is 686. The third kappa shape index (κ3) is 2.76. The van der Waals surface area contributed by atoms with E-state index in [4.69, 9.17) is 4.52 Å². The molecule has 23 heavy (non-hydrogen) atoms. The fraction of sp³-hybridized carbons (Fsp3) is 0.786. The molecule has 9 heteroatoms. The molecule has 4 rings (SSSR count).